The van der Waals surface area contributed by atoms with Crippen molar-refractivity contribution in [2.75, 3.05) is 31.6 Å². The molecule has 0 radical (unpaired) electrons. The van der Waals surface area contributed by atoms with Gasteiger partial charge in [-0.3, -0.25) is 9.59 Å². The normalized spacial score (nSPS) is 17.2. The van der Waals surface area contributed by atoms with Crippen molar-refractivity contribution in [2.45, 2.75) is 39.5 Å². The van der Waals surface area contributed by atoms with Crippen LogP contribution in [0, 0.1) is 5.92 Å². The van der Waals surface area contributed by atoms with Gasteiger partial charge in [0.25, 0.3) is 5.91 Å². The van der Waals surface area contributed by atoms with E-state index in [0.717, 1.165) is 17.7 Å². The van der Waals surface area contributed by atoms with Gasteiger partial charge in [0.15, 0.2) is 11.5 Å². The standard InChI is InChI=1S/C23H28N2O4S/c1-3-15-5-8-20-16(11-15)12-21(30-20)23(27)25(4-2)14-22(26)24-17-6-7-18-19(13-17)29-10-9-28-18/h6-7,12-13,15H,3-5,8-11,14H2,1-2H3,(H,24,26). The quantitative estimate of drug-likeness (QED) is 0.751. The Morgan fingerprint density at radius 2 is 1.97 bits per heavy atom. The molecule has 1 atom stereocenters. The van der Waals surface area contributed by atoms with E-state index >= 15 is 0 Å². The topological polar surface area (TPSA) is 67.9 Å². The number of hydrogen-bond acceptors (Lipinski definition) is 5. The van der Waals surface area contributed by atoms with Gasteiger partial charge >= 0.3 is 0 Å². The monoisotopic (exact) mass is 428 g/mol. The molecule has 2 heterocycles. The van der Waals surface area contributed by atoms with Crippen LogP contribution in [0.15, 0.2) is 24.3 Å². The number of carbonyl (C=O) groups excluding carboxylic acids is 2. The number of nitrogens with one attached hydrogen (secondary N) is 1. The van der Waals surface area contributed by atoms with Crippen LogP contribution in [0.5, 0.6) is 11.5 Å². The number of ether oxygens (including phenoxy) is 2. The largest absolute Gasteiger partial charge is 0.486 e. The molecule has 1 unspecified atom stereocenters. The van der Waals surface area contributed by atoms with E-state index in [2.05, 4.69) is 12.2 Å². The predicted octanol–water partition coefficient (Wildman–Crippen LogP) is 4.14. The van der Waals surface area contributed by atoms with E-state index in [1.807, 2.05) is 13.0 Å². The minimum absolute atomic E-state index is 0.0178. The SMILES string of the molecule is CCC1CCc2sc(C(=O)N(CC)CC(=O)Nc3ccc4c(c3)OCCO4)cc2C1. The molecule has 4 rings (SSSR count). The molecule has 160 valence electrons. The van der Waals surface area contributed by atoms with Gasteiger partial charge in [-0.25, -0.2) is 0 Å². The van der Waals surface area contributed by atoms with Crippen LogP contribution in [0.25, 0.3) is 0 Å². The molecule has 1 aromatic carbocycles. The number of thiophene rings is 1. The summed E-state index contributed by atoms with van der Waals surface area (Å²) in [5.41, 5.74) is 1.95. The lowest BCUT2D eigenvalue weighted by Crippen LogP contribution is -2.37. The van der Waals surface area contributed by atoms with Crippen molar-refractivity contribution in [1.82, 2.24) is 4.90 Å². The first-order valence-corrected chi connectivity index (χ1v) is 11.5. The lowest BCUT2D eigenvalue weighted by atomic mass is 9.87. The zero-order valence-corrected chi connectivity index (χ0v) is 18.3. The second-order valence-corrected chi connectivity index (χ2v) is 8.94. The van der Waals surface area contributed by atoms with Gasteiger partial charge in [0.2, 0.25) is 5.91 Å². The summed E-state index contributed by atoms with van der Waals surface area (Å²) in [6, 6.07) is 7.36. The van der Waals surface area contributed by atoms with E-state index in [1.165, 1.54) is 23.3 Å². The lowest BCUT2D eigenvalue weighted by molar-refractivity contribution is -0.116. The molecule has 1 aromatic heterocycles. The highest BCUT2D eigenvalue weighted by molar-refractivity contribution is 7.14. The first-order valence-electron chi connectivity index (χ1n) is 10.7. The highest BCUT2D eigenvalue weighted by atomic mass is 32.1. The molecular formula is C23H28N2O4S. The third-order valence-corrected chi connectivity index (χ3v) is 7.03. The maximum absolute atomic E-state index is 13.0. The Kier molecular flexibility index (Phi) is 6.27. The van der Waals surface area contributed by atoms with Crippen molar-refractivity contribution in [3.63, 3.8) is 0 Å². The summed E-state index contributed by atoms with van der Waals surface area (Å²) in [5, 5.41) is 2.86. The van der Waals surface area contributed by atoms with Gasteiger partial charge < -0.3 is 19.7 Å². The first kappa shape index (κ1) is 20.7. The van der Waals surface area contributed by atoms with Crippen molar-refractivity contribution < 1.29 is 19.1 Å². The molecule has 0 saturated carbocycles. The van der Waals surface area contributed by atoms with Gasteiger partial charge in [-0.15, -0.1) is 11.3 Å². The number of hydrogen-bond donors (Lipinski definition) is 1. The van der Waals surface area contributed by atoms with Gasteiger partial charge in [-0.2, -0.15) is 0 Å². The number of fused-ring (bicyclic) bond motifs is 2. The number of nitrogens with zero attached hydrogens (tertiary/aromatic N) is 1. The maximum atomic E-state index is 13.0. The average Bonchev–Trinajstić information content (AvgIpc) is 3.20. The third-order valence-electron chi connectivity index (χ3n) is 5.80. The molecule has 7 heteroatoms. The molecule has 1 aliphatic heterocycles. The zero-order valence-electron chi connectivity index (χ0n) is 17.5. The van der Waals surface area contributed by atoms with E-state index in [4.69, 9.17) is 9.47 Å². The fourth-order valence-corrected chi connectivity index (χ4v) is 5.21. The number of likely N-dealkylation sites (N-methyl/N-ethyl adjacent to an activating group) is 1. The number of anilines is 1. The summed E-state index contributed by atoms with van der Waals surface area (Å²) in [6.07, 6.45) is 4.50. The van der Waals surface area contributed by atoms with E-state index in [0.29, 0.717) is 42.9 Å². The minimum atomic E-state index is -0.228. The Bertz CT molecular complexity index is 939. The predicted molar refractivity (Wildman–Crippen MR) is 118 cm³/mol. The van der Waals surface area contributed by atoms with Crippen molar-refractivity contribution >= 4 is 28.8 Å². The fourth-order valence-electron chi connectivity index (χ4n) is 4.03. The molecule has 6 nitrogen and oxygen atoms in total. The first-order chi connectivity index (χ1) is 14.6. The van der Waals surface area contributed by atoms with Crippen molar-refractivity contribution in [3.05, 3.63) is 39.6 Å². The van der Waals surface area contributed by atoms with Crippen LogP contribution in [0.4, 0.5) is 5.69 Å². The summed E-state index contributed by atoms with van der Waals surface area (Å²) >= 11 is 1.59. The molecule has 0 spiro atoms. The van der Waals surface area contributed by atoms with Crippen molar-refractivity contribution in [2.24, 2.45) is 5.92 Å². The van der Waals surface area contributed by atoms with Gasteiger partial charge in [0.05, 0.1) is 4.88 Å². The fraction of sp³-hybridized carbons (Fsp3) is 0.478. The van der Waals surface area contributed by atoms with Crippen LogP contribution in [0.2, 0.25) is 0 Å². The number of rotatable bonds is 6. The smallest absolute Gasteiger partial charge is 0.264 e. The molecule has 0 saturated heterocycles. The molecule has 0 fully saturated rings. The second kappa shape index (κ2) is 9.08. The Labute approximate surface area is 181 Å². The number of amides is 2. The molecule has 1 N–H and O–H groups in total. The van der Waals surface area contributed by atoms with Crippen molar-refractivity contribution in [1.29, 1.82) is 0 Å². The molecule has 2 aliphatic rings. The van der Waals surface area contributed by atoms with Crippen LogP contribution in [0.1, 0.15) is 46.8 Å². The molecule has 2 amide bonds. The maximum Gasteiger partial charge on any atom is 0.264 e. The molecule has 0 bridgehead atoms. The third kappa shape index (κ3) is 4.46. The summed E-state index contributed by atoms with van der Waals surface area (Å²) in [6.45, 7) is 5.64. The number of carbonyl (C=O) groups is 2. The Balaban J connectivity index is 1.40. The highest BCUT2D eigenvalue weighted by Crippen LogP contribution is 2.34. The van der Waals surface area contributed by atoms with E-state index < -0.39 is 0 Å². The minimum Gasteiger partial charge on any atom is -0.486 e. The van der Waals surface area contributed by atoms with Gasteiger partial charge in [-0.1, -0.05) is 13.3 Å². The lowest BCUT2D eigenvalue weighted by Gasteiger charge is -2.21. The number of benzene rings is 1. The summed E-state index contributed by atoms with van der Waals surface area (Å²) in [4.78, 5) is 29.3. The van der Waals surface area contributed by atoms with Gasteiger partial charge in [0.1, 0.15) is 19.8 Å². The van der Waals surface area contributed by atoms with Gasteiger partial charge in [-0.05, 0) is 55.9 Å². The number of aryl methyl sites for hydroxylation is 1. The zero-order chi connectivity index (χ0) is 21.1. The molecular weight excluding hydrogens is 400 g/mol. The molecule has 1 aliphatic carbocycles. The van der Waals surface area contributed by atoms with Crippen molar-refractivity contribution in [3.8, 4) is 11.5 Å². The van der Waals surface area contributed by atoms with E-state index in [1.54, 1.807) is 34.4 Å². The van der Waals surface area contributed by atoms with Crippen LogP contribution < -0.4 is 14.8 Å². The van der Waals surface area contributed by atoms with Crippen LogP contribution in [-0.2, 0) is 17.6 Å². The Morgan fingerprint density at radius 3 is 2.73 bits per heavy atom. The van der Waals surface area contributed by atoms with E-state index in [-0.39, 0.29) is 18.4 Å². The summed E-state index contributed by atoms with van der Waals surface area (Å²) < 4.78 is 11.1. The summed E-state index contributed by atoms with van der Waals surface area (Å²) in [5.74, 6) is 1.72. The van der Waals surface area contributed by atoms with Crippen LogP contribution in [-0.4, -0.2) is 43.0 Å². The van der Waals surface area contributed by atoms with Gasteiger partial charge in [0, 0.05) is 23.2 Å². The van der Waals surface area contributed by atoms with Crippen LogP contribution >= 0.6 is 11.3 Å². The van der Waals surface area contributed by atoms with Crippen LogP contribution in [0.3, 0.4) is 0 Å². The average molecular weight is 429 g/mol. The summed E-state index contributed by atoms with van der Waals surface area (Å²) in [7, 11) is 0. The molecule has 30 heavy (non-hydrogen) atoms. The molecule has 2 aromatic rings. The second-order valence-electron chi connectivity index (χ2n) is 7.80. The Hall–Kier alpha value is -2.54. The highest BCUT2D eigenvalue weighted by Gasteiger charge is 2.25. The van der Waals surface area contributed by atoms with E-state index in [9.17, 15) is 9.59 Å². The Morgan fingerprint density at radius 1 is 1.17 bits per heavy atom.